The third kappa shape index (κ3) is 5.32. The predicted octanol–water partition coefficient (Wildman–Crippen LogP) is 14.2. The molecule has 2 nitrogen and oxygen atoms in total. The summed E-state index contributed by atoms with van der Waals surface area (Å²) >= 11 is 0. The number of allylic oxidation sites excluding steroid dienone is 11. The Morgan fingerprint density at radius 3 is 2.09 bits per heavy atom. The van der Waals surface area contributed by atoms with Crippen LogP contribution in [0.3, 0.4) is 0 Å². The summed E-state index contributed by atoms with van der Waals surface area (Å²) in [6, 6.07) is 47.1. The second-order valence-electron chi connectivity index (χ2n) is 14.8. The summed E-state index contributed by atoms with van der Waals surface area (Å²) < 4.78 is 4.95. The molecule has 2 heterocycles. The van der Waals surface area contributed by atoms with Crippen LogP contribution < -0.4 is 0 Å². The Morgan fingerprint density at radius 2 is 1.30 bits per heavy atom. The lowest BCUT2D eigenvalue weighted by Gasteiger charge is -2.26. The standard InChI is InChI=1S/C52H42N2/c1-3-41(29-26-37-16-4-6-19-42(37)40-18-12-14-35(2)32-40)53-49-23-10-8-21-44(49)46-33-38(27-30-51(46)53)39-28-31-52-47(34-39)45-22-9-11-24-50(45)54(52)48-25-13-17-36-15-5-7-20-43(36)48/h4-13,15-25,27-34,37,42H,2-3,14,26H2,1H3/b41-29+. The van der Waals surface area contributed by atoms with E-state index in [0.717, 1.165) is 19.3 Å². The molecule has 260 valence electrons. The minimum atomic E-state index is 0.358. The molecule has 0 spiro atoms. The van der Waals surface area contributed by atoms with Crippen molar-refractivity contribution in [2.75, 3.05) is 0 Å². The number of rotatable bonds is 7. The van der Waals surface area contributed by atoms with Crippen LogP contribution in [0.25, 0.3) is 76.9 Å². The van der Waals surface area contributed by atoms with Crippen LogP contribution >= 0.6 is 0 Å². The van der Waals surface area contributed by atoms with Crippen molar-refractivity contribution in [1.29, 1.82) is 0 Å². The van der Waals surface area contributed by atoms with Crippen molar-refractivity contribution >= 4 is 60.1 Å². The highest BCUT2D eigenvalue weighted by Crippen LogP contribution is 2.40. The van der Waals surface area contributed by atoms with Gasteiger partial charge in [-0.05, 0) is 89.7 Å². The number of hydrogen-bond acceptors (Lipinski definition) is 0. The average Bonchev–Trinajstić information content (AvgIpc) is 3.73. The molecule has 0 amide bonds. The van der Waals surface area contributed by atoms with E-state index in [0.29, 0.717) is 11.8 Å². The summed E-state index contributed by atoms with van der Waals surface area (Å²) in [6.45, 7) is 6.54. The average molecular weight is 695 g/mol. The third-order valence-electron chi connectivity index (χ3n) is 11.7. The Bertz CT molecular complexity index is 2950. The molecule has 0 aliphatic heterocycles. The molecule has 8 aromatic rings. The molecule has 0 fully saturated rings. The molecular formula is C52H42N2. The van der Waals surface area contributed by atoms with E-state index < -0.39 is 0 Å². The molecule has 6 aromatic carbocycles. The lowest BCUT2D eigenvalue weighted by molar-refractivity contribution is 0.540. The minimum Gasteiger partial charge on any atom is -0.313 e. The quantitative estimate of drug-likeness (QED) is 0.157. The fourth-order valence-electron chi connectivity index (χ4n) is 9.08. The predicted molar refractivity (Wildman–Crippen MR) is 232 cm³/mol. The van der Waals surface area contributed by atoms with Crippen molar-refractivity contribution in [2.24, 2.45) is 11.8 Å². The van der Waals surface area contributed by atoms with Gasteiger partial charge in [-0.1, -0.05) is 153 Å². The molecule has 0 N–H and O–H groups in total. The largest absolute Gasteiger partial charge is 0.313 e. The summed E-state index contributed by atoms with van der Waals surface area (Å²) in [7, 11) is 0. The summed E-state index contributed by atoms with van der Waals surface area (Å²) in [6.07, 6.45) is 21.4. The van der Waals surface area contributed by atoms with E-state index in [2.05, 4.69) is 199 Å². The number of para-hydroxylation sites is 2. The molecular weight excluding hydrogens is 653 g/mol. The maximum Gasteiger partial charge on any atom is 0.0541 e. The fraction of sp³-hybridized carbons (Fsp3) is 0.115. The lowest BCUT2D eigenvalue weighted by Crippen LogP contribution is -2.15. The number of aromatic nitrogens is 2. The Kier molecular flexibility index (Phi) is 7.91. The molecule has 2 aliphatic rings. The van der Waals surface area contributed by atoms with Gasteiger partial charge in [0.1, 0.15) is 0 Å². The van der Waals surface area contributed by atoms with Crippen LogP contribution in [-0.4, -0.2) is 9.13 Å². The Morgan fingerprint density at radius 1 is 0.667 bits per heavy atom. The Labute approximate surface area is 316 Å². The minimum absolute atomic E-state index is 0.358. The summed E-state index contributed by atoms with van der Waals surface area (Å²) in [5, 5.41) is 7.62. The SMILES string of the molecule is C=C1C=C(C2C=CC=CC2C/C=C(\CC)n2c3ccccc3c3cc(-c4ccc5c(c4)c4ccccc4n5-c4cccc5ccccc45)ccc32)C=CC1. The van der Waals surface area contributed by atoms with Gasteiger partial charge in [-0.15, -0.1) is 0 Å². The van der Waals surface area contributed by atoms with Gasteiger partial charge in [0.15, 0.2) is 0 Å². The summed E-state index contributed by atoms with van der Waals surface area (Å²) in [5.74, 6) is 0.760. The van der Waals surface area contributed by atoms with Crippen LogP contribution in [-0.2, 0) is 0 Å². The molecule has 54 heavy (non-hydrogen) atoms. The van der Waals surface area contributed by atoms with Gasteiger partial charge in [0.2, 0.25) is 0 Å². The second-order valence-corrected chi connectivity index (χ2v) is 14.8. The van der Waals surface area contributed by atoms with Crippen molar-refractivity contribution in [3.05, 3.63) is 194 Å². The molecule has 2 aliphatic carbocycles. The Balaban J connectivity index is 1.07. The monoisotopic (exact) mass is 694 g/mol. The van der Waals surface area contributed by atoms with E-state index in [1.807, 2.05) is 0 Å². The van der Waals surface area contributed by atoms with Crippen molar-refractivity contribution in [2.45, 2.75) is 26.2 Å². The van der Waals surface area contributed by atoms with Crippen LogP contribution in [0, 0.1) is 11.8 Å². The van der Waals surface area contributed by atoms with Gasteiger partial charge in [-0.3, -0.25) is 0 Å². The molecule has 0 bridgehead atoms. The van der Waals surface area contributed by atoms with E-state index >= 15 is 0 Å². The highest BCUT2D eigenvalue weighted by molar-refractivity contribution is 6.13. The van der Waals surface area contributed by atoms with E-state index in [1.54, 1.807) is 0 Å². The zero-order valence-electron chi connectivity index (χ0n) is 30.6. The van der Waals surface area contributed by atoms with Gasteiger partial charge in [-0.25, -0.2) is 0 Å². The zero-order chi connectivity index (χ0) is 36.2. The van der Waals surface area contributed by atoms with E-state index in [4.69, 9.17) is 0 Å². The highest BCUT2D eigenvalue weighted by Gasteiger charge is 2.23. The van der Waals surface area contributed by atoms with Gasteiger partial charge < -0.3 is 9.13 Å². The molecule has 0 saturated heterocycles. The van der Waals surface area contributed by atoms with Crippen molar-refractivity contribution < 1.29 is 0 Å². The van der Waals surface area contributed by atoms with Gasteiger partial charge in [0, 0.05) is 38.5 Å². The van der Waals surface area contributed by atoms with E-state index in [1.165, 1.54) is 88.0 Å². The maximum absolute atomic E-state index is 4.25. The van der Waals surface area contributed by atoms with Crippen LogP contribution in [0.15, 0.2) is 194 Å². The fourth-order valence-corrected chi connectivity index (χ4v) is 9.08. The molecule has 2 aromatic heterocycles. The van der Waals surface area contributed by atoms with Crippen LogP contribution in [0.1, 0.15) is 26.2 Å². The molecule has 0 saturated carbocycles. The maximum atomic E-state index is 4.25. The molecule has 2 heteroatoms. The first-order valence-corrected chi connectivity index (χ1v) is 19.3. The third-order valence-corrected chi connectivity index (χ3v) is 11.7. The second kappa shape index (κ2) is 13.2. The molecule has 0 radical (unpaired) electrons. The first kappa shape index (κ1) is 32.3. The first-order chi connectivity index (χ1) is 26.7. The zero-order valence-corrected chi connectivity index (χ0v) is 30.6. The van der Waals surface area contributed by atoms with Gasteiger partial charge in [-0.2, -0.15) is 0 Å². The van der Waals surface area contributed by atoms with Gasteiger partial charge in [0.25, 0.3) is 0 Å². The topological polar surface area (TPSA) is 9.86 Å². The molecule has 2 atom stereocenters. The Hall–Kier alpha value is -6.38. The number of hydrogen-bond donors (Lipinski definition) is 0. The van der Waals surface area contributed by atoms with Crippen LogP contribution in [0.5, 0.6) is 0 Å². The summed E-state index contributed by atoms with van der Waals surface area (Å²) in [5.41, 5.74) is 12.5. The van der Waals surface area contributed by atoms with Crippen molar-refractivity contribution in [3.8, 4) is 16.8 Å². The molecule has 10 rings (SSSR count). The van der Waals surface area contributed by atoms with Gasteiger partial charge >= 0.3 is 0 Å². The van der Waals surface area contributed by atoms with E-state index in [-0.39, 0.29) is 0 Å². The number of benzene rings is 6. The van der Waals surface area contributed by atoms with Gasteiger partial charge in [0.05, 0.1) is 27.8 Å². The van der Waals surface area contributed by atoms with Crippen molar-refractivity contribution in [3.63, 3.8) is 0 Å². The molecule has 2 unspecified atom stereocenters. The van der Waals surface area contributed by atoms with Crippen molar-refractivity contribution in [1.82, 2.24) is 9.13 Å². The van der Waals surface area contributed by atoms with E-state index in [9.17, 15) is 0 Å². The summed E-state index contributed by atoms with van der Waals surface area (Å²) in [4.78, 5) is 0. The highest BCUT2D eigenvalue weighted by atomic mass is 15.0. The first-order valence-electron chi connectivity index (χ1n) is 19.3. The lowest BCUT2D eigenvalue weighted by atomic mass is 9.78. The van der Waals surface area contributed by atoms with Crippen LogP contribution in [0.4, 0.5) is 0 Å². The number of nitrogens with zero attached hydrogens (tertiary/aromatic N) is 2. The van der Waals surface area contributed by atoms with Crippen LogP contribution in [0.2, 0.25) is 0 Å². The smallest absolute Gasteiger partial charge is 0.0541 e. The normalized spacial score (nSPS) is 17.5. The number of fused-ring (bicyclic) bond motifs is 7.